The van der Waals surface area contributed by atoms with Crippen LogP contribution in [0.15, 0.2) is 34.9 Å². The smallest absolute Gasteiger partial charge is 0.218 e. The minimum Gasteiger partial charge on any atom is -0.361 e. The summed E-state index contributed by atoms with van der Waals surface area (Å²) < 4.78 is 43.2. The lowest BCUT2D eigenvalue weighted by Gasteiger charge is -2.15. The average Bonchev–Trinajstić information content (AvgIpc) is 2.77. The van der Waals surface area contributed by atoms with E-state index >= 15 is 0 Å². The van der Waals surface area contributed by atoms with Crippen molar-refractivity contribution in [3.05, 3.63) is 53.2 Å². The second-order valence-electron chi connectivity index (χ2n) is 4.57. The molecule has 0 unspecified atom stereocenters. The van der Waals surface area contributed by atoms with E-state index in [1.165, 1.54) is 35.6 Å². The van der Waals surface area contributed by atoms with Gasteiger partial charge >= 0.3 is 0 Å². The Morgan fingerprint density at radius 2 is 1.95 bits per heavy atom. The lowest BCUT2D eigenvalue weighted by molar-refractivity contribution is 0.378. The molecule has 0 aliphatic rings. The Kier molecular flexibility index (Phi) is 4.20. The van der Waals surface area contributed by atoms with Crippen molar-refractivity contribution < 1.29 is 17.3 Å². The van der Waals surface area contributed by atoms with E-state index in [2.05, 4.69) is 5.16 Å². The van der Waals surface area contributed by atoms with Gasteiger partial charge in [-0.15, -0.1) is 0 Å². The number of aromatic nitrogens is 1. The van der Waals surface area contributed by atoms with Crippen LogP contribution in [-0.2, 0) is 22.3 Å². The highest BCUT2D eigenvalue weighted by Gasteiger charge is 2.20. The first-order valence-electron chi connectivity index (χ1n) is 5.97. The molecule has 0 N–H and O–H groups in total. The van der Waals surface area contributed by atoms with E-state index in [1.807, 2.05) is 0 Å². The zero-order valence-corrected chi connectivity index (χ0v) is 12.0. The van der Waals surface area contributed by atoms with Crippen molar-refractivity contribution in [3.8, 4) is 0 Å². The Hall–Kier alpha value is -1.73. The Balaban J connectivity index is 2.07. The third-order valence-electron chi connectivity index (χ3n) is 2.80. The largest absolute Gasteiger partial charge is 0.361 e. The summed E-state index contributed by atoms with van der Waals surface area (Å²) in [4.78, 5) is 0. The number of sulfonamides is 1. The maximum Gasteiger partial charge on any atom is 0.218 e. The molecular weight excluding hydrogens is 283 g/mol. The summed E-state index contributed by atoms with van der Waals surface area (Å²) in [6.07, 6.45) is 0. The fourth-order valence-electron chi connectivity index (χ4n) is 1.72. The topological polar surface area (TPSA) is 63.4 Å². The summed E-state index contributed by atoms with van der Waals surface area (Å²) in [5, 5.41) is 3.76. The second kappa shape index (κ2) is 5.72. The SMILES string of the molecule is Cc1cc(CN(C)S(=O)(=O)Cc2ccc(F)cc2)no1. The van der Waals surface area contributed by atoms with Crippen molar-refractivity contribution in [2.45, 2.75) is 19.2 Å². The third-order valence-corrected chi connectivity index (χ3v) is 4.58. The van der Waals surface area contributed by atoms with Crippen molar-refractivity contribution in [1.82, 2.24) is 9.46 Å². The Morgan fingerprint density at radius 1 is 1.30 bits per heavy atom. The van der Waals surface area contributed by atoms with E-state index in [0.29, 0.717) is 17.0 Å². The maximum atomic E-state index is 12.8. The molecule has 0 saturated carbocycles. The van der Waals surface area contributed by atoms with E-state index in [4.69, 9.17) is 4.52 Å². The van der Waals surface area contributed by atoms with Crippen LogP contribution in [0.25, 0.3) is 0 Å². The molecule has 2 rings (SSSR count). The van der Waals surface area contributed by atoms with Crippen molar-refractivity contribution >= 4 is 10.0 Å². The van der Waals surface area contributed by atoms with Gasteiger partial charge in [0.2, 0.25) is 10.0 Å². The van der Waals surface area contributed by atoms with Crippen LogP contribution in [0.5, 0.6) is 0 Å². The predicted octanol–water partition coefficient (Wildman–Crippen LogP) is 2.08. The number of rotatable bonds is 5. The van der Waals surface area contributed by atoms with Gasteiger partial charge in [0.1, 0.15) is 11.6 Å². The van der Waals surface area contributed by atoms with E-state index in [0.717, 1.165) is 0 Å². The first-order chi connectivity index (χ1) is 9.37. The van der Waals surface area contributed by atoms with Crippen LogP contribution in [0.4, 0.5) is 4.39 Å². The third kappa shape index (κ3) is 3.64. The fourth-order valence-corrected chi connectivity index (χ4v) is 2.88. The van der Waals surface area contributed by atoms with Crippen molar-refractivity contribution in [2.75, 3.05) is 7.05 Å². The van der Waals surface area contributed by atoms with Crippen LogP contribution < -0.4 is 0 Å². The Morgan fingerprint density at radius 3 is 2.50 bits per heavy atom. The molecule has 1 aromatic carbocycles. The van der Waals surface area contributed by atoms with E-state index in [1.54, 1.807) is 13.0 Å². The van der Waals surface area contributed by atoms with Crippen molar-refractivity contribution in [2.24, 2.45) is 0 Å². The summed E-state index contributed by atoms with van der Waals surface area (Å²) in [6.45, 7) is 1.88. The maximum absolute atomic E-state index is 12.8. The average molecular weight is 298 g/mol. The molecule has 0 amide bonds. The van der Waals surface area contributed by atoms with Gasteiger partial charge in [-0.05, 0) is 24.6 Å². The van der Waals surface area contributed by atoms with Crippen molar-refractivity contribution in [1.29, 1.82) is 0 Å². The molecule has 0 radical (unpaired) electrons. The van der Waals surface area contributed by atoms with Crippen LogP contribution in [0.1, 0.15) is 17.0 Å². The minimum absolute atomic E-state index is 0.140. The molecule has 0 bridgehead atoms. The minimum atomic E-state index is -3.49. The molecule has 108 valence electrons. The highest BCUT2D eigenvalue weighted by Crippen LogP contribution is 2.13. The molecule has 0 saturated heterocycles. The summed E-state index contributed by atoms with van der Waals surface area (Å²) >= 11 is 0. The first kappa shape index (κ1) is 14.7. The summed E-state index contributed by atoms with van der Waals surface area (Å²) in [5.74, 6) is 0.0579. The zero-order chi connectivity index (χ0) is 14.8. The molecule has 0 atom stereocenters. The predicted molar refractivity (Wildman–Crippen MR) is 71.7 cm³/mol. The summed E-state index contributed by atoms with van der Waals surface area (Å²) in [5.41, 5.74) is 1.09. The Labute approximate surface area is 117 Å². The Bertz CT molecular complexity index is 680. The lowest BCUT2D eigenvalue weighted by Crippen LogP contribution is -2.27. The first-order valence-corrected chi connectivity index (χ1v) is 7.58. The molecule has 0 aliphatic carbocycles. The molecule has 5 nitrogen and oxygen atoms in total. The number of aryl methyl sites for hydroxylation is 1. The molecule has 0 fully saturated rings. The number of hydrogen-bond donors (Lipinski definition) is 0. The number of benzene rings is 1. The van der Waals surface area contributed by atoms with Gasteiger partial charge in [0.05, 0.1) is 18.0 Å². The van der Waals surface area contributed by atoms with Gasteiger partial charge in [0.25, 0.3) is 0 Å². The van der Waals surface area contributed by atoms with E-state index in [-0.39, 0.29) is 12.3 Å². The monoisotopic (exact) mass is 298 g/mol. The van der Waals surface area contributed by atoms with Crippen molar-refractivity contribution in [3.63, 3.8) is 0 Å². The van der Waals surface area contributed by atoms with Gasteiger partial charge < -0.3 is 4.52 Å². The second-order valence-corrected chi connectivity index (χ2v) is 6.64. The van der Waals surface area contributed by atoms with Gasteiger partial charge in [-0.25, -0.2) is 12.8 Å². The van der Waals surface area contributed by atoms with Crippen LogP contribution in [0, 0.1) is 12.7 Å². The number of halogens is 1. The van der Waals surface area contributed by atoms with Gasteiger partial charge in [-0.2, -0.15) is 4.31 Å². The van der Waals surface area contributed by atoms with Crippen LogP contribution in [0.2, 0.25) is 0 Å². The van der Waals surface area contributed by atoms with Crippen LogP contribution in [-0.4, -0.2) is 24.9 Å². The van der Waals surface area contributed by atoms with Gasteiger partial charge in [0.15, 0.2) is 0 Å². The fraction of sp³-hybridized carbons (Fsp3) is 0.308. The molecule has 1 aromatic heterocycles. The molecule has 7 heteroatoms. The zero-order valence-electron chi connectivity index (χ0n) is 11.2. The van der Waals surface area contributed by atoms with E-state index < -0.39 is 15.8 Å². The van der Waals surface area contributed by atoms with Crippen LogP contribution >= 0.6 is 0 Å². The van der Waals surface area contributed by atoms with Gasteiger partial charge in [0, 0.05) is 13.1 Å². The molecule has 0 aliphatic heterocycles. The highest BCUT2D eigenvalue weighted by atomic mass is 32.2. The number of hydrogen-bond acceptors (Lipinski definition) is 4. The normalized spacial score (nSPS) is 12.0. The molecule has 0 spiro atoms. The van der Waals surface area contributed by atoms with Crippen LogP contribution in [0.3, 0.4) is 0 Å². The molecule has 20 heavy (non-hydrogen) atoms. The molecular formula is C13H15FN2O3S. The standard InChI is InChI=1S/C13H15FN2O3S/c1-10-7-13(15-19-10)8-16(2)20(17,18)9-11-3-5-12(14)6-4-11/h3-7H,8-9H2,1-2H3. The summed E-state index contributed by atoms with van der Waals surface area (Å²) in [6, 6.07) is 7.09. The molecule has 1 heterocycles. The van der Waals surface area contributed by atoms with E-state index in [9.17, 15) is 12.8 Å². The molecule has 2 aromatic rings. The quantitative estimate of drug-likeness (QED) is 0.848. The van der Waals surface area contributed by atoms with Gasteiger partial charge in [-0.3, -0.25) is 0 Å². The lowest BCUT2D eigenvalue weighted by atomic mass is 10.2. The number of nitrogens with zero attached hydrogens (tertiary/aromatic N) is 2. The van der Waals surface area contributed by atoms with Gasteiger partial charge in [-0.1, -0.05) is 17.3 Å². The summed E-state index contributed by atoms with van der Waals surface area (Å²) in [7, 11) is -2.01. The highest BCUT2D eigenvalue weighted by molar-refractivity contribution is 7.88.